The highest BCUT2D eigenvalue weighted by Crippen LogP contribution is 1.86. The van der Waals surface area contributed by atoms with Crippen LogP contribution in [-0.2, 0) is 4.74 Å². The van der Waals surface area contributed by atoms with Gasteiger partial charge in [0.25, 0.3) is 6.02 Å². The topological polar surface area (TPSA) is 47.6 Å². The van der Waals surface area contributed by atoms with E-state index in [0.717, 1.165) is 0 Å². The summed E-state index contributed by atoms with van der Waals surface area (Å²) in [7, 11) is 0. The Balaban J connectivity index is 2.50. The number of rotatable bonds is 0. The SMILES string of the molecule is NC1=NCC=CO1. The van der Waals surface area contributed by atoms with Gasteiger partial charge in [-0.15, -0.1) is 0 Å². The van der Waals surface area contributed by atoms with Crippen molar-refractivity contribution in [2.24, 2.45) is 10.7 Å². The molecule has 1 aliphatic rings. The summed E-state index contributed by atoms with van der Waals surface area (Å²) < 4.78 is 4.62. The molecule has 0 saturated carbocycles. The van der Waals surface area contributed by atoms with E-state index in [1.165, 1.54) is 6.26 Å². The van der Waals surface area contributed by atoms with Crippen molar-refractivity contribution < 1.29 is 4.74 Å². The first-order valence-electron chi connectivity index (χ1n) is 2.01. The Bertz CT molecular complexity index is 117. The van der Waals surface area contributed by atoms with E-state index in [0.29, 0.717) is 6.54 Å². The molecule has 2 N–H and O–H groups in total. The molecular weight excluding hydrogens is 92.1 g/mol. The Morgan fingerprint density at radius 2 is 2.71 bits per heavy atom. The van der Waals surface area contributed by atoms with Crippen molar-refractivity contribution in [2.45, 2.75) is 0 Å². The molecule has 3 nitrogen and oxygen atoms in total. The predicted molar refractivity (Wildman–Crippen MR) is 26.7 cm³/mol. The lowest BCUT2D eigenvalue weighted by molar-refractivity contribution is 0.452. The first-order valence-corrected chi connectivity index (χ1v) is 2.01. The van der Waals surface area contributed by atoms with Crippen molar-refractivity contribution in [3.8, 4) is 0 Å². The maximum atomic E-state index is 5.11. The number of nitrogens with zero attached hydrogens (tertiary/aromatic N) is 1. The number of ether oxygens (including phenoxy) is 1. The summed E-state index contributed by atoms with van der Waals surface area (Å²) in [6.45, 7) is 0.645. The zero-order chi connectivity index (χ0) is 5.11. The Morgan fingerprint density at radius 1 is 1.86 bits per heavy atom. The van der Waals surface area contributed by atoms with Crippen LogP contribution in [0.2, 0.25) is 0 Å². The van der Waals surface area contributed by atoms with Gasteiger partial charge in [-0.1, -0.05) is 0 Å². The molecule has 38 valence electrons. The van der Waals surface area contributed by atoms with Crippen molar-refractivity contribution in [3.05, 3.63) is 12.3 Å². The van der Waals surface area contributed by atoms with Crippen LogP contribution in [0.1, 0.15) is 0 Å². The summed E-state index contributed by atoms with van der Waals surface area (Å²) in [5, 5.41) is 0. The second kappa shape index (κ2) is 1.64. The van der Waals surface area contributed by atoms with Gasteiger partial charge in [0.05, 0.1) is 12.8 Å². The third kappa shape index (κ3) is 0.924. The summed E-state index contributed by atoms with van der Waals surface area (Å²) in [5.41, 5.74) is 5.11. The fraction of sp³-hybridized carbons (Fsp3) is 0.250. The van der Waals surface area contributed by atoms with Gasteiger partial charge < -0.3 is 10.5 Å². The molecule has 0 saturated heterocycles. The molecular formula is C4H6N2O. The molecule has 0 aromatic heterocycles. The van der Waals surface area contributed by atoms with Gasteiger partial charge in [0, 0.05) is 0 Å². The number of hydrogen-bond donors (Lipinski definition) is 1. The van der Waals surface area contributed by atoms with E-state index in [1.54, 1.807) is 6.08 Å². The highest BCUT2D eigenvalue weighted by atomic mass is 16.5. The average Bonchev–Trinajstić information content (AvgIpc) is 1.69. The van der Waals surface area contributed by atoms with Crippen LogP contribution in [0, 0.1) is 0 Å². The molecule has 0 fully saturated rings. The first-order chi connectivity index (χ1) is 3.39. The molecule has 0 aromatic rings. The van der Waals surface area contributed by atoms with Crippen molar-refractivity contribution in [1.29, 1.82) is 0 Å². The minimum Gasteiger partial charge on any atom is -0.435 e. The third-order valence-corrected chi connectivity index (χ3v) is 0.638. The standard InChI is InChI=1S/C4H6N2O/c5-4-6-2-1-3-7-4/h1,3H,2H2,(H2,5,6). The van der Waals surface area contributed by atoms with E-state index in [1.807, 2.05) is 0 Å². The molecule has 0 aliphatic carbocycles. The lowest BCUT2D eigenvalue weighted by Crippen LogP contribution is -2.15. The lowest BCUT2D eigenvalue weighted by Gasteiger charge is -1.99. The summed E-state index contributed by atoms with van der Waals surface area (Å²) in [5.74, 6) is 0. The minimum absolute atomic E-state index is 0.252. The van der Waals surface area contributed by atoms with Crippen LogP contribution in [-0.4, -0.2) is 12.6 Å². The van der Waals surface area contributed by atoms with E-state index in [2.05, 4.69) is 9.73 Å². The van der Waals surface area contributed by atoms with E-state index >= 15 is 0 Å². The van der Waals surface area contributed by atoms with Crippen molar-refractivity contribution in [1.82, 2.24) is 0 Å². The van der Waals surface area contributed by atoms with E-state index < -0.39 is 0 Å². The van der Waals surface area contributed by atoms with Gasteiger partial charge >= 0.3 is 0 Å². The summed E-state index contributed by atoms with van der Waals surface area (Å²) in [4.78, 5) is 3.72. The Labute approximate surface area is 41.5 Å². The lowest BCUT2D eigenvalue weighted by atomic mass is 10.6. The predicted octanol–water partition coefficient (Wildman–Crippen LogP) is -0.155. The molecule has 0 amide bonds. The first kappa shape index (κ1) is 4.18. The van der Waals surface area contributed by atoms with Gasteiger partial charge in [0.15, 0.2) is 0 Å². The van der Waals surface area contributed by atoms with Crippen molar-refractivity contribution >= 4 is 6.02 Å². The highest BCUT2D eigenvalue weighted by Gasteiger charge is 1.89. The number of aliphatic imine (C=N–C) groups is 1. The van der Waals surface area contributed by atoms with Crippen LogP contribution in [0.5, 0.6) is 0 Å². The van der Waals surface area contributed by atoms with Crippen LogP contribution in [0.15, 0.2) is 17.3 Å². The van der Waals surface area contributed by atoms with E-state index in [9.17, 15) is 0 Å². The van der Waals surface area contributed by atoms with Gasteiger partial charge in [-0.2, -0.15) is 0 Å². The minimum atomic E-state index is 0.252. The number of amidine groups is 1. The Kier molecular flexibility index (Phi) is 0.978. The number of nitrogens with two attached hydrogens (primary N) is 1. The smallest absolute Gasteiger partial charge is 0.287 e. The van der Waals surface area contributed by atoms with Crippen LogP contribution >= 0.6 is 0 Å². The molecule has 0 bridgehead atoms. The Hall–Kier alpha value is -0.990. The molecule has 0 radical (unpaired) electrons. The molecule has 1 heterocycles. The molecule has 0 aromatic carbocycles. The van der Waals surface area contributed by atoms with Gasteiger partial charge in [0.1, 0.15) is 0 Å². The summed E-state index contributed by atoms with van der Waals surface area (Å²) >= 11 is 0. The summed E-state index contributed by atoms with van der Waals surface area (Å²) in [6, 6.07) is 0.252. The van der Waals surface area contributed by atoms with E-state index in [4.69, 9.17) is 5.73 Å². The van der Waals surface area contributed by atoms with Crippen LogP contribution in [0.4, 0.5) is 0 Å². The van der Waals surface area contributed by atoms with Crippen LogP contribution in [0.3, 0.4) is 0 Å². The molecule has 0 spiro atoms. The van der Waals surface area contributed by atoms with Crippen molar-refractivity contribution in [3.63, 3.8) is 0 Å². The molecule has 7 heavy (non-hydrogen) atoms. The second-order valence-corrected chi connectivity index (χ2v) is 1.17. The van der Waals surface area contributed by atoms with Gasteiger partial charge in [-0.05, 0) is 6.08 Å². The zero-order valence-corrected chi connectivity index (χ0v) is 3.79. The maximum absolute atomic E-state index is 5.11. The molecule has 0 unspecified atom stereocenters. The van der Waals surface area contributed by atoms with E-state index in [-0.39, 0.29) is 6.02 Å². The molecule has 0 atom stereocenters. The largest absolute Gasteiger partial charge is 0.435 e. The highest BCUT2D eigenvalue weighted by molar-refractivity contribution is 5.72. The molecule has 1 rings (SSSR count). The zero-order valence-electron chi connectivity index (χ0n) is 3.79. The van der Waals surface area contributed by atoms with Gasteiger partial charge in [0.2, 0.25) is 0 Å². The monoisotopic (exact) mass is 98.0 g/mol. The van der Waals surface area contributed by atoms with Gasteiger partial charge in [-0.25, -0.2) is 4.99 Å². The molecule has 1 aliphatic heterocycles. The quantitative estimate of drug-likeness (QED) is 0.457. The fourth-order valence-corrected chi connectivity index (χ4v) is 0.341. The second-order valence-electron chi connectivity index (χ2n) is 1.17. The number of hydrogen-bond acceptors (Lipinski definition) is 3. The van der Waals surface area contributed by atoms with Crippen LogP contribution < -0.4 is 5.73 Å². The van der Waals surface area contributed by atoms with Crippen LogP contribution in [0.25, 0.3) is 0 Å². The van der Waals surface area contributed by atoms with Crippen molar-refractivity contribution in [2.75, 3.05) is 6.54 Å². The van der Waals surface area contributed by atoms with Gasteiger partial charge in [-0.3, -0.25) is 0 Å². The summed E-state index contributed by atoms with van der Waals surface area (Å²) in [6.07, 6.45) is 3.32. The Morgan fingerprint density at radius 3 is 3.00 bits per heavy atom. The normalized spacial score (nSPS) is 18.0. The average molecular weight is 98.1 g/mol. The molecule has 3 heteroatoms. The fourth-order valence-electron chi connectivity index (χ4n) is 0.341. The maximum Gasteiger partial charge on any atom is 0.287 e. The third-order valence-electron chi connectivity index (χ3n) is 0.638.